The van der Waals surface area contributed by atoms with Gasteiger partial charge >= 0.3 is 0 Å². The van der Waals surface area contributed by atoms with Gasteiger partial charge in [0.05, 0.1) is 5.69 Å². The third-order valence-corrected chi connectivity index (χ3v) is 3.79. The Labute approximate surface area is 141 Å². The van der Waals surface area contributed by atoms with Crippen LogP contribution in [0.1, 0.15) is 5.56 Å². The van der Waals surface area contributed by atoms with E-state index in [1.165, 1.54) is 5.56 Å². The van der Waals surface area contributed by atoms with Crippen molar-refractivity contribution in [2.24, 2.45) is 0 Å². The average Bonchev–Trinajstić information content (AvgIpc) is 2.31. The van der Waals surface area contributed by atoms with E-state index in [4.69, 9.17) is 35.4 Å². The summed E-state index contributed by atoms with van der Waals surface area (Å²) in [6.07, 6.45) is 0. The highest BCUT2D eigenvalue weighted by molar-refractivity contribution is 9.10. The molecule has 0 saturated carbocycles. The highest BCUT2D eigenvalue weighted by atomic mass is 79.9. The molecule has 0 fully saturated rings. The van der Waals surface area contributed by atoms with Crippen LogP contribution in [-0.4, -0.2) is 5.11 Å². The van der Waals surface area contributed by atoms with E-state index in [1.807, 2.05) is 25.1 Å². The third-order valence-electron chi connectivity index (χ3n) is 2.49. The zero-order chi connectivity index (χ0) is 14.7. The fourth-order valence-corrected chi connectivity index (χ4v) is 2.98. The van der Waals surface area contributed by atoms with Crippen LogP contribution in [-0.2, 0) is 0 Å². The first-order chi connectivity index (χ1) is 9.44. The maximum atomic E-state index is 5.94. The monoisotopic (exact) mass is 388 g/mol. The van der Waals surface area contributed by atoms with Gasteiger partial charge < -0.3 is 10.6 Å². The molecular formula is C14H11BrCl2N2S. The SMILES string of the molecule is Cc1ccc(NC(=S)Nc2cc(Cl)cc(Cl)c2)c(Br)c1. The van der Waals surface area contributed by atoms with E-state index < -0.39 is 0 Å². The Balaban J connectivity index is 2.09. The van der Waals surface area contributed by atoms with Gasteiger partial charge in [-0.15, -0.1) is 0 Å². The van der Waals surface area contributed by atoms with Gasteiger partial charge in [0.1, 0.15) is 0 Å². The minimum Gasteiger partial charge on any atom is -0.332 e. The Morgan fingerprint density at radius 1 is 1.05 bits per heavy atom. The predicted molar refractivity (Wildman–Crippen MR) is 95.2 cm³/mol. The van der Waals surface area contributed by atoms with Crippen molar-refractivity contribution in [3.05, 3.63) is 56.5 Å². The number of nitrogens with one attached hydrogen (secondary N) is 2. The van der Waals surface area contributed by atoms with Crippen molar-refractivity contribution in [3.8, 4) is 0 Å². The van der Waals surface area contributed by atoms with Gasteiger partial charge in [-0.2, -0.15) is 0 Å². The van der Waals surface area contributed by atoms with Crippen LogP contribution in [0.4, 0.5) is 11.4 Å². The number of anilines is 2. The molecule has 0 spiro atoms. The molecule has 2 rings (SSSR count). The van der Waals surface area contributed by atoms with Crippen LogP contribution in [0, 0.1) is 6.92 Å². The molecule has 2 aromatic carbocycles. The summed E-state index contributed by atoms with van der Waals surface area (Å²) >= 11 is 20.6. The number of thiocarbonyl (C=S) groups is 1. The lowest BCUT2D eigenvalue weighted by Gasteiger charge is -2.12. The smallest absolute Gasteiger partial charge is 0.175 e. The van der Waals surface area contributed by atoms with Gasteiger partial charge in [-0.1, -0.05) is 29.3 Å². The Morgan fingerprint density at radius 2 is 1.70 bits per heavy atom. The molecule has 0 radical (unpaired) electrons. The molecule has 2 aromatic rings. The lowest BCUT2D eigenvalue weighted by Crippen LogP contribution is -2.19. The first-order valence-electron chi connectivity index (χ1n) is 5.74. The normalized spacial score (nSPS) is 10.2. The fourth-order valence-electron chi connectivity index (χ4n) is 1.63. The topological polar surface area (TPSA) is 24.1 Å². The molecule has 0 unspecified atom stereocenters. The van der Waals surface area contributed by atoms with Crippen molar-refractivity contribution in [2.75, 3.05) is 10.6 Å². The molecule has 0 aliphatic heterocycles. The highest BCUT2D eigenvalue weighted by Crippen LogP contribution is 2.25. The quantitative estimate of drug-likeness (QED) is 0.627. The maximum Gasteiger partial charge on any atom is 0.175 e. The van der Waals surface area contributed by atoms with E-state index in [-0.39, 0.29) is 0 Å². The number of hydrogen-bond acceptors (Lipinski definition) is 1. The number of benzene rings is 2. The van der Waals surface area contributed by atoms with E-state index in [0.29, 0.717) is 15.2 Å². The molecule has 0 aromatic heterocycles. The average molecular weight is 390 g/mol. The third kappa shape index (κ3) is 4.35. The van der Waals surface area contributed by atoms with E-state index >= 15 is 0 Å². The zero-order valence-corrected chi connectivity index (χ0v) is 14.4. The molecule has 20 heavy (non-hydrogen) atoms. The van der Waals surface area contributed by atoms with Crippen LogP contribution < -0.4 is 10.6 Å². The molecule has 0 saturated heterocycles. The van der Waals surface area contributed by atoms with Gasteiger partial charge in [-0.05, 0) is 71.0 Å². The minimum absolute atomic E-state index is 0.466. The molecule has 0 bridgehead atoms. The lowest BCUT2D eigenvalue weighted by atomic mass is 10.2. The van der Waals surface area contributed by atoms with E-state index in [2.05, 4.69) is 26.6 Å². The van der Waals surface area contributed by atoms with Gasteiger partial charge in [0, 0.05) is 20.2 Å². The van der Waals surface area contributed by atoms with Crippen LogP contribution in [0.15, 0.2) is 40.9 Å². The van der Waals surface area contributed by atoms with Gasteiger partial charge in [-0.25, -0.2) is 0 Å². The zero-order valence-electron chi connectivity index (χ0n) is 10.5. The van der Waals surface area contributed by atoms with Crippen LogP contribution in [0.25, 0.3) is 0 Å². The molecule has 2 N–H and O–H groups in total. The van der Waals surface area contributed by atoms with E-state index in [0.717, 1.165) is 15.8 Å². The first kappa shape index (κ1) is 15.6. The van der Waals surface area contributed by atoms with E-state index in [1.54, 1.807) is 18.2 Å². The Morgan fingerprint density at radius 3 is 2.30 bits per heavy atom. The summed E-state index contributed by atoms with van der Waals surface area (Å²) in [6, 6.07) is 11.2. The molecule has 0 atom stereocenters. The second-order valence-electron chi connectivity index (χ2n) is 4.22. The standard InChI is InChI=1S/C14H11BrCl2N2S/c1-8-2-3-13(12(15)4-8)19-14(20)18-11-6-9(16)5-10(17)7-11/h2-7H,1H3,(H2,18,19,20). The second-order valence-corrected chi connectivity index (χ2v) is 6.36. The van der Waals surface area contributed by atoms with Crippen molar-refractivity contribution in [3.63, 3.8) is 0 Å². The summed E-state index contributed by atoms with van der Waals surface area (Å²) in [5.74, 6) is 0. The number of hydrogen-bond donors (Lipinski definition) is 2. The van der Waals surface area contributed by atoms with Gasteiger partial charge in [0.2, 0.25) is 0 Å². The molecule has 2 nitrogen and oxygen atoms in total. The highest BCUT2D eigenvalue weighted by Gasteiger charge is 2.04. The fraction of sp³-hybridized carbons (Fsp3) is 0.0714. The first-order valence-corrected chi connectivity index (χ1v) is 7.70. The molecular weight excluding hydrogens is 379 g/mol. The van der Waals surface area contributed by atoms with E-state index in [9.17, 15) is 0 Å². The molecule has 0 amide bonds. The Hall–Kier alpha value is -0.810. The summed E-state index contributed by atoms with van der Waals surface area (Å²) < 4.78 is 0.950. The van der Waals surface area contributed by atoms with Crippen LogP contribution in [0.2, 0.25) is 10.0 Å². The molecule has 0 heterocycles. The Bertz CT molecular complexity index is 641. The van der Waals surface area contributed by atoms with Crippen molar-refractivity contribution < 1.29 is 0 Å². The predicted octanol–water partition coefficient (Wildman–Crippen LogP) is 5.87. The van der Waals surface area contributed by atoms with Gasteiger partial charge in [-0.3, -0.25) is 0 Å². The van der Waals surface area contributed by atoms with Gasteiger partial charge in [0.25, 0.3) is 0 Å². The van der Waals surface area contributed by atoms with Crippen LogP contribution in [0.5, 0.6) is 0 Å². The number of aryl methyl sites for hydroxylation is 1. The summed E-state index contributed by atoms with van der Waals surface area (Å²) in [5, 5.41) is 7.73. The van der Waals surface area contributed by atoms with Crippen LogP contribution >= 0.6 is 51.3 Å². The van der Waals surface area contributed by atoms with Crippen molar-refractivity contribution in [1.82, 2.24) is 0 Å². The summed E-state index contributed by atoms with van der Waals surface area (Å²) in [4.78, 5) is 0. The van der Waals surface area contributed by atoms with Gasteiger partial charge in [0.15, 0.2) is 5.11 Å². The van der Waals surface area contributed by atoms with Crippen molar-refractivity contribution in [1.29, 1.82) is 0 Å². The Kier molecular flexibility index (Phi) is 5.27. The summed E-state index contributed by atoms with van der Waals surface area (Å²) in [5.41, 5.74) is 2.80. The van der Waals surface area contributed by atoms with Crippen molar-refractivity contribution >= 4 is 67.8 Å². The second kappa shape index (κ2) is 6.76. The molecule has 104 valence electrons. The summed E-state index contributed by atoms with van der Waals surface area (Å²) in [7, 11) is 0. The maximum absolute atomic E-state index is 5.94. The van der Waals surface area contributed by atoms with Crippen LogP contribution in [0.3, 0.4) is 0 Å². The van der Waals surface area contributed by atoms with Crippen molar-refractivity contribution in [2.45, 2.75) is 6.92 Å². The largest absolute Gasteiger partial charge is 0.332 e. The molecule has 6 heteroatoms. The summed E-state index contributed by atoms with van der Waals surface area (Å²) in [6.45, 7) is 2.03. The number of halogens is 3. The minimum atomic E-state index is 0.466. The number of rotatable bonds is 2. The lowest BCUT2D eigenvalue weighted by molar-refractivity contribution is 1.44. The molecule has 0 aliphatic rings. The molecule has 0 aliphatic carbocycles.